The third-order valence-corrected chi connectivity index (χ3v) is 3.70. The molecule has 1 saturated heterocycles. The first-order valence-corrected chi connectivity index (χ1v) is 6.79. The number of piperidine rings is 1. The molecule has 2 heterocycles. The van der Waals surface area contributed by atoms with Gasteiger partial charge in [-0.1, -0.05) is 0 Å². The Kier molecular flexibility index (Phi) is 4.37. The first-order chi connectivity index (χ1) is 9.08. The molecule has 0 radical (unpaired) electrons. The number of amides is 1. The lowest BCUT2D eigenvalue weighted by Gasteiger charge is -2.28. The molecule has 1 aliphatic rings. The number of carbonyl (C=O) groups excluding carboxylic acids is 1. The minimum absolute atomic E-state index is 0.0704. The van der Waals surface area contributed by atoms with Crippen LogP contribution in [0.5, 0.6) is 0 Å². The number of aromatic nitrogens is 1. The fourth-order valence-electron chi connectivity index (χ4n) is 2.46. The summed E-state index contributed by atoms with van der Waals surface area (Å²) in [5, 5.41) is 6.26. The first kappa shape index (κ1) is 13.8. The Morgan fingerprint density at radius 2 is 2.26 bits per heavy atom. The predicted molar refractivity (Wildman–Crippen MR) is 74.3 cm³/mol. The van der Waals surface area contributed by atoms with Gasteiger partial charge in [0.2, 0.25) is 0 Å². The summed E-state index contributed by atoms with van der Waals surface area (Å²) in [5.74, 6) is 0.140. The van der Waals surface area contributed by atoms with E-state index in [4.69, 9.17) is 0 Å². The lowest BCUT2D eigenvalue weighted by molar-refractivity contribution is 0.0920. The number of H-pyrrole nitrogens is 1. The Hall–Kier alpha value is -1.62. The molecule has 0 bridgehead atoms. The maximum atomic E-state index is 12.1. The molecule has 2 atom stereocenters. The number of aromatic amines is 1. The van der Waals surface area contributed by atoms with E-state index in [-0.39, 0.29) is 23.1 Å². The molecule has 3 N–H and O–H groups in total. The second kappa shape index (κ2) is 6.02. The lowest BCUT2D eigenvalue weighted by Crippen LogP contribution is -2.45. The Morgan fingerprint density at radius 1 is 1.47 bits per heavy atom. The van der Waals surface area contributed by atoms with Gasteiger partial charge in [-0.25, -0.2) is 0 Å². The van der Waals surface area contributed by atoms with Crippen LogP contribution < -0.4 is 16.2 Å². The van der Waals surface area contributed by atoms with E-state index in [0.717, 1.165) is 31.6 Å². The normalized spacial score (nSPS) is 20.8. The van der Waals surface area contributed by atoms with Crippen LogP contribution in [0.2, 0.25) is 0 Å². The van der Waals surface area contributed by atoms with E-state index < -0.39 is 0 Å². The highest BCUT2D eigenvalue weighted by Crippen LogP contribution is 2.14. The Labute approximate surface area is 112 Å². The third kappa shape index (κ3) is 3.44. The molecular weight excluding hydrogens is 242 g/mol. The van der Waals surface area contributed by atoms with Crippen molar-refractivity contribution in [3.63, 3.8) is 0 Å². The van der Waals surface area contributed by atoms with Crippen LogP contribution in [0.3, 0.4) is 0 Å². The van der Waals surface area contributed by atoms with E-state index in [1.165, 1.54) is 0 Å². The van der Waals surface area contributed by atoms with Crippen LogP contribution in [0.25, 0.3) is 0 Å². The average molecular weight is 263 g/mol. The smallest absolute Gasteiger partial charge is 0.260 e. The summed E-state index contributed by atoms with van der Waals surface area (Å²) in [6.45, 7) is 5.76. The molecule has 0 spiro atoms. The minimum Gasteiger partial charge on any atom is -0.349 e. The van der Waals surface area contributed by atoms with E-state index in [2.05, 4.69) is 15.6 Å². The molecule has 5 heteroatoms. The molecular formula is C14H21N3O2. The van der Waals surface area contributed by atoms with Crippen molar-refractivity contribution in [2.45, 2.75) is 32.7 Å². The van der Waals surface area contributed by atoms with Crippen molar-refractivity contribution in [2.75, 3.05) is 13.1 Å². The Balaban J connectivity index is 2.01. The maximum Gasteiger partial charge on any atom is 0.260 e. The molecule has 1 aliphatic heterocycles. The summed E-state index contributed by atoms with van der Waals surface area (Å²) < 4.78 is 0. The van der Waals surface area contributed by atoms with Gasteiger partial charge in [0, 0.05) is 11.7 Å². The number of pyridine rings is 1. The van der Waals surface area contributed by atoms with Crippen LogP contribution in [0.1, 0.15) is 35.8 Å². The van der Waals surface area contributed by atoms with E-state index in [1.807, 2.05) is 6.92 Å². The summed E-state index contributed by atoms with van der Waals surface area (Å²) in [6, 6.07) is 3.39. The number of nitrogens with one attached hydrogen (secondary N) is 3. The van der Waals surface area contributed by atoms with Gasteiger partial charge < -0.3 is 15.6 Å². The molecule has 2 rings (SSSR count). The van der Waals surface area contributed by atoms with Gasteiger partial charge in [-0.3, -0.25) is 9.59 Å². The molecule has 0 aliphatic carbocycles. The average Bonchev–Trinajstić information content (AvgIpc) is 2.39. The van der Waals surface area contributed by atoms with Gasteiger partial charge in [-0.15, -0.1) is 0 Å². The molecule has 1 aromatic rings. The molecule has 1 aromatic heterocycles. The number of aryl methyl sites for hydroxylation is 1. The minimum atomic E-state index is -0.327. The quantitative estimate of drug-likeness (QED) is 0.755. The fraction of sp³-hybridized carbons (Fsp3) is 0.571. The van der Waals surface area contributed by atoms with Crippen molar-refractivity contribution in [1.29, 1.82) is 0 Å². The van der Waals surface area contributed by atoms with Crippen LogP contribution >= 0.6 is 0 Å². The molecule has 1 amide bonds. The second-order valence-corrected chi connectivity index (χ2v) is 5.25. The molecule has 0 aromatic carbocycles. The summed E-state index contributed by atoms with van der Waals surface area (Å²) in [5.41, 5.74) is 0.610. The van der Waals surface area contributed by atoms with E-state index in [9.17, 15) is 9.59 Å². The SMILES string of the molecule is Cc1ccc(C(=O)NC(C)C2CCCNC2)c(=O)[nH]1. The Bertz CT molecular complexity index is 504. The summed E-state index contributed by atoms with van der Waals surface area (Å²) in [7, 11) is 0. The monoisotopic (exact) mass is 263 g/mol. The molecule has 2 unspecified atom stereocenters. The summed E-state index contributed by atoms with van der Waals surface area (Å²) >= 11 is 0. The van der Waals surface area contributed by atoms with Crippen molar-refractivity contribution in [3.8, 4) is 0 Å². The molecule has 5 nitrogen and oxygen atoms in total. The van der Waals surface area contributed by atoms with Crippen molar-refractivity contribution in [1.82, 2.24) is 15.6 Å². The maximum absolute atomic E-state index is 12.1. The van der Waals surface area contributed by atoms with E-state index in [0.29, 0.717) is 5.92 Å². The highest BCUT2D eigenvalue weighted by Gasteiger charge is 2.22. The van der Waals surface area contributed by atoms with Crippen LogP contribution in [-0.4, -0.2) is 30.0 Å². The number of hydrogen-bond donors (Lipinski definition) is 3. The van der Waals surface area contributed by atoms with Crippen molar-refractivity contribution < 1.29 is 4.79 Å². The van der Waals surface area contributed by atoms with Crippen LogP contribution in [0.4, 0.5) is 0 Å². The molecule has 104 valence electrons. The lowest BCUT2D eigenvalue weighted by atomic mass is 9.92. The first-order valence-electron chi connectivity index (χ1n) is 6.79. The molecule has 1 fully saturated rings. The number of rotatable bonds is 3. The topological polar surface area (TPSA) is 74.0 Å². The van der Waals surface area contributed by atoms with E-state index >= 15 is 0 Å². The highest BCUT2D eigenvalue weighted by atomic mass is 16.2. The number of carbonyl (C=O) groups is 1. The fourth-order valence-corrected chi connectivity index (χ4v) is 2.46. The summed E-state index contributed by atoms with van der Waals surface area (Å²) in [4.78, 5) is 26.4. The zero-order valence-electron chi connectivity index (χ0n) is 11.5. The van der Waals surface area contributed by atoms with Gasteiger partial charge in [-0.2, -0.15) is 0 Å². The largest absolute Gasteiger partial charge is 0.349 e. The Morgan fingerprint density at radius 3 is 2.89 bits per heavy atom. The van der Waals surface area contributed by atoms with Gasteiger partial charge in [0.15, 0.2) is 0 Å². The zero-order chi connectivity index (χ0) is 13.8. The van der Waals surface area contributed by atoms with Crippen LogP contribution in [0, 0.1) is 12.8 Å². The van der Waals surface area contributed by atoms with Gasteiger partial charge in [0.05, 0.1) is 0 Å². The standard InChI is InChI=1S/C14H21N3O2/c1-9-5-6-12(13(18)16-9)14(19)17-10(2)11-4-3-7-15-8-11/h5-6,10-11,15H,3-4,7-8H2,1-2H3,(H,16,18)(H,17,19). The highest BCUT2D eigenvalue weighted by molar-refractivity contribution is 5.93. The molecule has 0 saturated carbocycles. The van der Waals surface area contributed by atoms with Crippen LogP contribution in [-0.2, 0) is 0 Å². The van der Waals surface area contributed by atoms with Crippen molar-refractivity contribution >= 4 is 5.91 Å². The van der Waals surface area contributed by atoms with Crippen LogP contribution in [0.15, 0.2) is 16.9 Å². The number of hydrogen-bond acceptors (Lipinski definition) is 3. The van der Waals surface area contributed by atoms with Crippen molar-refractivity contribution in [3.05, 3.63) is 33.7 Å². The van der Waals surface area contributed by atoms with Crippen molar-refractivity contribution in [2.24, 2.45) is 5.92 Å². The third-order valence-electron chi connectivity index (χ3n) is 3.70. The van der Waals surface area contributed by atoms with Gasteiger partial charge in [-0.05, 0) is 57.8 Å². The van der Waals surface area contributed by atoms with Gasteiger partial charge in [0.25, 0.3) is 11.5 Å². The second-order valence-electron chi connectivity index (χ2n) is 5.25. The predicted octanol–water partition coefficient (Wildman–Crippen LogP) is 0.801. The van der Waals surface area contributed by atoms with Gasteiger partial charge >= 0.3 is 0 Å². The van der Waals surface area contributed by atoms with Gasteiger partial charge in [0.1, 0.15) is 5.56 Å². The zero-order valence-corrected chi connectivity index (χ0v) is 11.5. The summed E-state index contributed by atoms with van der Waals surface area (Å²) in [6.07, 6.45) is 2.24. The van der Waals surface area contributed by atoms with E-state index in [1.54, 1.807) is 19.1 Å². The molecule has 19 heavy (non-hydrogen) atoms.